The first-order chi connectivity index (χ1) is 21.6. The van der Waals surface area contributed by atoms with E-state index in [0.29, 0.717) is 34.8 Å². The first-order valence-electron chi connectivity index (χ1n) is 14.2. The Morgan fingerprint density at radius 2 is 1.50 bits per heavy atom. The third-order valence-electron chi connectivity index (χ3n) is 7.68. The molecule has 0 fully saturated rings. The lowest BCUT2D eigenvalue weighted by atomic mass is 10.0. The molecule has 0 aliphatic carbocycles. The maximum Gasteiger partial charge on any atom is 0.416 e. The Hall–Kier alpha value is -4.67. The highest BCUT2D eigenvalue weighted by Crippen LogP contribution is 2.40. The lowest BCUT2D eigenvalue weighted by Crippen LogP contribution is -2.29. The first kappa shape index (κ1) is 34.2. The van der Waals surface area contributed by atoms with Crippen LogP contribution < -0.4 is 19.5 Å². The molecule has 1 heterocycles. The van der Waals surface area contributed by atoms with Crippen LogP contribution in [0.4, 0.5) is 13.2 Å². The molecule has 0 radical (unpaired) electrons. The Balaban J connectivity index is 0.00000480. The molecular formula is C35H34ClF3N2O5. The summed E-state index contributed by atoms with van der Waals surface area (Å²) >= 11 is 0. The van der Waals surface area contributed by atoms with Gasteiger partial charge in [-0.3, -0.25) is 10.1 Å². The summed E-state index contributed by atoms with van der Waals surface area (Å²) in [7, 11) is 4.57. The van der Waals surface area contributed by atoms with E-state index in [9.17, 15) is 23.1 Å². The van der Waals surface area contributed by atoms with E-state index in [1.54, 1.807) is 6.07 Å². The van der Waals surface area contributed by atoms with Crippen molar-refractivity contribution < 1.29 is 37.3 Å². The van der Waals surface area contributed by atoms with E-state index in [-0.39, 0.29) is 25.4 Å². The first-order valence-corrected chi connectivity index (χ1v) is 14.2. The SMILES string of the molecule is COc1cc(Cc2c(CC(=O)O)c3ccccc3n2C(NCc2cccc(C(F)(F)F)c2)c2ccccc2)cc(OC)c1OC.Cl. The van der Waals surface area contributed by atoms with Gasteiger partial charge < -0.3 is 23.9 Å². The molecule has 4 aromatic carbocycles. The number of hydrogen-bond donors (Lipinski definition) is 2. The minimum atomic E-state index is -4.47. The number of rotatable bonds is 12. The number of carboxylic acids is 1. The van der Waals surface area contributed by atoms with Gasteiger partial charge in [0.05, 0.1) is 38.8 Å². The van der Waals surface area contributed by atoms with Gasteiger partial charge in [-0.2, -0.15) is 13.2 Å². The Labute approximate surface area is 270 Å². The summed E-state index contributed by atoms with van der Waals surface area (Å²) in [5.74, 6) is 0.352. The van der Waals surface area contributed by atoms with Crippen molar-refractivity contribution in [3.05, 3.63) is 125 Å². The summed E-state index contributed by atoms with van der Waals surface area (Å²) in [5.41, 5.74) is 3.49. The van der Waals surface area contributed by atoms with Crippen molar-refractivity contribution in [1.29, 1.82) is 0 Å². The topological polar surface area (TPSA) is 82.0 Å². The second kappa shape index (κ2) is 14.6. The van der Waals surface area contributed by atoms with Gasteiger partial charge in [0, 0.05) is 24.0 Å². The molecule has 5 aromatic rings. The number of carboxylic acid groups (broad SMARTS) is 1. The number of aliphatic carboxylic acids is 1. The van der Waals surface area contributed by atoms with E-state index >= 15 is 0 Å². The van der Waals surface area contributed by atoms with Crippen LogP contribution in [-0.4, -0.2) is 37.0 Å². The predicted molar refractivity (Wildman–Crippen MR) is 172 cm³/mol. The van der Waals surface area contributed by atoms with Crippen molar-refractivity contribution in [2.75, 3.05) is 21.3 Å². The standard InChI is InChI=1S/C35H33F3N2O5.ClH/c1-43-30-18-23(19-31(44-2)33(30)45-3)17-29-27(20-32(41)42)26-14-7-8-15-28(26)40(29)34(24-11-5-4-6-12-24)39-21-22-10-9-13-25(16-22)35(36,37)38;/h4-16,18-19,34,39H,17,20-21H2,1-3H3,(H,41,42);1H. The van der Waals surface area contributed by atoms with Gasteiger partial charge in [-0.25, -0.2) is 0 Å². The molecule has 5 rings (SSSR count). The Bertz CT molecular complexity index is 1780. The highest BCUT2D eigenvalue weighted by Gasteiger charge is 2.31. The van der Waals surface area contributed by atoms with Crippen LogP contribution in [0.25, 0.3) is 10.9 Å². The molecule has 1 aromatic heterocycles. The van der Waals surface area contributed by atoms with E-state index in [1.807, 2.05) is 71.3 Å². The fraction of sp³-hybridized carbons (Fsp3) is 0.229. The summed E-state index contributed by atoms with van der Waals surface area (Å²) in [4.78, 5) is 12.2. The summed E-state index contributed by atoms with van der Waals surface area (Å²) in [6.45, 7) is 0.119. The average molecular weight is 655 g/mol. The zero-order valence-electron chi connectivity index (χ0n) is 25.4. The summed E-state index contributed by atoms with van der Waals surface area (Å²) < 4.78 is 59.2. The summed E-state index contributed by atoms with van der Waals surface area (Å²) in [6, 6.07) is 25.9. The number of hydrogen-bond acceptors (Lipinski definition) is 5. The van der Waals surface area contributed by atoms with E-state index < -0.39 is 23.9 Å². The molecule has 1 atom stereocenters. The molecule has 7 nitrogen and oxygen atoms in total. The van der Waals surface area contributed by atoms with E-state index in [0.717, 1.165) is 39.9 Å². The van der Waals surface area contributed by atoms with Crippen LogP contribution in [0.3, 0.4) is 0 Å². The predicted octanol–water partition coefficient (Wildman–Crippen LogP) is 7.66. The Morgan fingerprint density at radius 1 is 0.848 bits per heavy atom. The summed E-state index contributed by atoms with van der Waals surface area (Å²) in [6.07, 6.45) is -4.97. The molecule has 46 heavy (non-hydrogen) atoms. The van der Waals surface area contributed by atoms with Crippen LogP contribution in [0.5, 0.6) is 17.2 Å². The highest BCUT2D eigenvalue weighted by atomic mass is 35.5. The molecule has 2 N–H and O–H groups in total. The quantitative estimate of drug-likeness (QED) is 0.144. The lowest BCUT2D eigenvalue weighted by Gasteiger charge is -2.26. The number of nitrogens with one attached hydrogen (secondary N) is 1. The maximum atomic E-state index is 13.5. The third kappa shape index (κ3) is 7.24. The fourth-order valence-electron chi connectivity index (χ4n) is 5.72. The average Bonchev–Trinajstić information content (AvgIpc) is 3.32. The number of carbonyl (C=O) groups is 1. The number of halogens is 4. The number of alkyl halides is 3. The normalized spacial score (nSPS) is 12.0. The van der Waals surface area contributed by atoms with Crippen molar-refractivity contribution in [2.45, 2.75) is 31.7 Å². The van der Waals surface area contributed by atoms with Crippen molar-refractivity contribution in [3.8, 4) is 17.2 Å². The molecule has 0 aliphatic rings. The third-order valence-corrected chi connectivity index (χ3v) is 7.68. The number of fused-ring (bicyclic) bond motifs is 1. The number of aromatic nitrogens is 1. The van der Waals surface area contributed by atoms with Crippen LogP contribution in [-0.2, 0) is 30.4 Å². The van der Waals surface area contributed by atoms with Crippen LogP contribution in [0.2, 0.25) is 0 Å². The number of ether oxygens (including phenoxy) is 3. The van der Waals surface area contributed by atoms with Crippen LogP contribution in [0.15, 0.2) is 91.0 Å². The number of nitrogens with zero attached hydrogens (tertiary/aromatic N) is 1. The van der Waals surface area contributed by atoms with Gasteiger partial charge in [0.2, 0.25) is 5.75 Å². The van der Waals surface area contributed by atoms with Crippen molar-refractivity contribution in [3.63, 3.8) is 0 Å². The number of methoxy groups -OCH3 is 3. The van der Waals surface area contributed by atoms with E-state index in [1.165, 1.54) is 27.4 Å². The molecular weight excluding hydrogens is 621 g/mol. The van der Waals surface area contributed by atoms with Crippen molar-refractivity contribution >= 4 is 29.3 Å². The number of para-hydroxylation sites is 1. The van der Waals surface area contributed by atoms with Gasteiger partial charge in [0.1, 0.15) is 6.17 Å². The van der Waals surface area contributed by atoms with Gasteiger partial charge in [-0.15, -0.1) is 12.4 Å². The zero-order valence-corrected chi connectivity index (χ0v) is 26.2. The van der Waals surface area contributed by atoms with Gasteiger partial charge in [-0.1, -0.05) is 66.7 Å². The Morgan fingerprint density at radius 3 is 2.11 bits per heavy atom. The van der Waals surface area contributed by atoms with Gasteiger partial charge >= 0.3 is 12.1 Å². The van der Waals surface area contributed by atoms with Crippen LogP contribution in [0, 0.1) is 0 Å². The Kier molecular flexibility index (Phi) is 10.9. The lowest BCUT2D eigenvalue weighted by molar-refractivity contribution is -0.138. The molecule has 0 saturated carbocycles. The van der Waals surface area contributed by atoms with Gasteiger partial charge in [-0.05, 0) is 46.5 Å². The van der Waals surface area contributed by atoms with E-state index in [2.05, 4.69) is 5.32 Å². The molecule has 242 valence electrons. The number of benzene rings is 4. The van der Waals surface area contributed by atoms with Crippen molar-refractivity contribution in [1.82, 2.24) is 9.88 Å². The molecule has 0 amide bonds. The second-order valence-electron chi connectivity index (χ2n) is 10.5. The van der Waals surface area contributed by atoms with Crippen LogP contribution >= 0.6 is 12.4 Å². The molecule has 0 saturated heterocycles. The fourth-order valence-corrected chi connectivity index (χ4v) is 5.72. The maximum absolute atomic E-state index is 13.5. The van der Waals surface area contributed by atoms with Crippen molar-refractivity contribution in [2.24, 2.45) is 0 Å². The minimum Gasteiger partial charge on any atom is -0.493 e. The molecule has 1 unspecified atom stereocenters. The van der Waals surface area contributed by atoms with E-state index in [4.69, 9.17) is 14.2 Å². The zero-order chi connectivity index (χ0) is 32.1. The van der Waals surface area contributed by atoms with Gasteiger partial charge in [0.15, 0.2) is 11.5 Å². The molecule has 0 bridgehead atoms. The minimum absolute atomic E-state index is 0. The second-order valence-corrected chi connectivity index (χ2v) is 10.5. The molecule has 0 spiro atoms. The van der Waals surface area contributed by atoms with Gasteiger partial charge in [0.25, 0.3) is 0 Å². The largest absolute Gasteiger partial charge is 0.493 e. The molecule has 0 aliphatic heterocycles. The smallest absolute Gasteiger partial charge is 0.416 e. The summed E-state index contributed by atoms with van der Waals surface area (Å²) in [5, 5.41) is 14.2. The molecule has 11 heteroatoms. The monoisotopic (exact) mass is 654 g/mol. The highest BCUT2D eigenvalue weighted by molar-refractivity contribution is 5.89. The van der Waals surface area contributed by atoms with Crippen LogP contribution in [0.1, 0.15) is 39.7 Å².